The van der Waals surface area contributed by atoms with Gasteiger partial charge in [-0.05, 0) is 38.5 Å². The van der Waals surface area contributed by atoms with Crippen molar-refractivity contribution in [2.24, 2.45) is 0 Å². The molecule has 0 aliphatic heterocycles. The van der Waals surface area contributed by atoms with Gasteiger partial charge in [-0.2, -0.15) is 0 Å². The molecule has 20 heavy (non-hydrogen) atoms. The number of thioether (sulfide) groups is 1. The lowest BCUT2D eigenvalue weighted by Gasteiger charge is -2.24. The van der Waals surface area contributed by atoms with E-state index in [0.29, 0.717) is 17.9 Å². The maximum Gasteiger partial charge on any atom is 0.212 e. The van der Waals surface area contributed by atoms with Gasteiger partial charge in [0.25, 0.3) is 0 Å². The second-order valence-corrected chi connectivity index (χ2v) is 8.21. The van der Waals surface area contributed by atoms with Gasteiger partial charge in [0.15, 0.2) is 0 Å². The van der Waals surface area contributed by atoms with E-state index in [1.165, 1.54) is 11.8 Å². The fraction of sp³-hybridized carbons (Fsp3) is 0.538. The molecule has 1 aromatic rings. The monoisotopic (exact) mass is 318 g/mol. The molecular weight excluding hydrogens is 296 g/mol. The first-order valence-electron chi connectivity index (χ1n) is 6.35. The smallest absolute Gasteiger partial charge is 0.212 e. The first kappa shape index (κ1) is 17.3. The van der Waals surface area contributed by atoms with Gasteiger partial charge in [-0.3, -0.25) is 0 Å². The molecule has 5 nitrogen and oxygen atoms in total. The van der Waals surface area contributed by atoms with E-state index >= 15 is 0 Å². The molecule has 1 aromatic carbocycles. The summed E-state index contributed by atoms with van der Waals surface area (Å²) in [5.41, 5.74) is 5.70. The highest BCUT2D eigenvalue weighted by Gasteiger charge is 2.23. The molecular formula is C13H22N2O3S2. The van der Waals surface area contributed by atoms with Crippen molar-refractivity contribution in [2.45, 2.75) is 30.7 Å². The number of anilines is 1. The Hall–Kier alpha value is -0.760. The molecule has 0 heterocycles. The van der Waals surface area contributed by atoms with Crippen LogP contribution in [-0.4, -0.2) is 37.2 Å². The van der Waals surface area contributed by atoms with Crippen LogP contribution in [0.1, 0.15) is 20.3 Å². The molecule has 0 spiro atoms. The van der Waals surface area contributed by atoms with Crippen LogP contribution in [0.4, 0.5) is 5.69 Å². The van der Waals surface area contributed by atoms with Gasteiger partial charge in [-0.15, -0.1) is 11.8 Å². The Kier molecular flexibility index (Phi) is 6.32. The summed E-state index contributed by atoms with van der Waals surface area (Å²) >= 11 is 1.45. The molecule has 0 unspecified atom stereocenters. The first-order valence-corrected chi connectivity index (χ1v) is 8.99. The fourth-order valence-electron chi connectivity index (χ4n) is 1.68. The number of rotatable bonds is 8. The number of sulfonamides is 1. The van der Waals surface area contributed by atoms with Gasteiger partial charge < -0.3 is 10.8 Å². The van der Waals surface area contributed by atoms with Crippen LogP contribution in [0.15, 0.2) is 29.2 Å². The number of nitrogen functional groups attached to an aromatic ring is 1. The molecule has 0 aromatic heterocycles. The molecule has 0 radical (unpaired) electrons. The molecule has 7 heteroatoms. The first-order chi connectivity index (χ1) is 9.24. The van der Waals surface area contributed by atoms with Crippen LogP contribution >= 0.6 is 11.8 Å². The Bertz CT molecular complexity index is 530. The molecule has 0 atom stereocenters. The highest BCUT2D eigenvalue weighted by molar-refractivity contribution is 8.00. The van der Waals surface area contributed by atoms with Gasteiger partial charge >= 0.3 is 0 Å². The average Bonchev–Trinajstić information content (AvgIpc) is 2.26. The molecule has 0 saturated heterocycles. The Labute approximate surface area is 125 Å². The number of hydrogen-bond donors (Lipinski definition) is 3. The second kappa shape index (κ2) is 7.31. The minimum Gasteiger partial charge on any atom is -0.399 e. The van der Waals surface area contributed by atoms with E-state index in [4.69, 9.17) is 10.8 Å². The van der Waals surface area contributed by atoms with Gasteiger partial charge in [-0.1, -0.05) is 6.07 Å². The summed E-state index contributed by atoms with van der Waals surface area (Å²) in [6.07, 6.45) is 0.384. The van der Waals surface area contributed by atoms with E-state index in [1.807, 2.05) is 18.2 Å². The lowest BCUT2D eigenvalue weighted by Crippen LogP contribution is -2.45. The third kappa shape index (κ3) is 6.60. The van der Waals surface area contributed by atoms with Crippen molar-refractivity contribution in [3.63, 3.8) is 0 Å². The zero-order chi connectivity index (χ0) is 15.2. The van der Waals surface area contributed by atoms with Gasteiger partial charge in [-0.25, -0.2) is 13.1 Å². The molecule has 0 saturated carbocycles. The summed E-state index contributed by atoms with van der Waals surface area (Å²) in [4.78, 5) is 0.954. The van der Waals surface area contributed by atoms with E-state index in [-0.39, 0.29) is 12.4 Å². The van der Waals surface area contributed by atoms with Crippen molar-refractivity contribution >= 4 is 27.5 Å². The van der Waals surface area contributed by atoms with Gasteiger partial charge in [0.2, 0.25) is 10.0 Å². The average molecular weight is 318 g/mol. The minimum absolute atomic E-state index is 0.0291. The van der Waals surface area contributed by atoms with Gasteiger partial charge in [0, 0.05) is 28.5 Å². The SMILES string of the molecule is CC(C)(CCO)NS(=O)(=O)CCSc1cccc(N)c1. The summed E-state index contributed by atoms with van der Waals surface area (Å²) in [6, 6.07) is 7.35. The van der Waals surface area contributed by atoms with Crippen molar-refractivity contribution in [1.29, 1.82) is 0 Å². The van der Waals surface area contributed by atoms with Gasteiger partial charge in [0.1, 0.15) is 0 Å². The standard InChI is InChI=1S/C13H22N2O3S2/c1-13(2,6-7-16)15-20(17,18)9-8-19-12-5-3-4-11(14)10-12/h3-5,10,15-16H,6-9,14H2,1-2H3. The lowest BCUT2D eigenvalue weighted by atomic mass is 10.0. The molecule has 114 valence electrons. The van der Waals surface area contributed by atoms with Crippen molar-refractivity contribution in [1.82, 2.24) is 4.72 Å². The lowest BCUT2D eigenvalue weighted by molar-refractivity contribution is 0.246. The minimum atomic E-state index is -3.35. The Morgan fingerprint density at radius 3 is 2.70 bits per heavy atom. The van der Waals surface area contributed by atoms with E-state index in [1.54, 1.807) is 19.9 Å². The van der Waals surface area contributed by atoms with Crippen LogP contribution in [0, 0.1) is 0 Å². The Morgan fingerprint density at radius 1 is 1.40 bits per heavy atom. The predicted octanol–water partition coefficient (Wildman–Crippen LogP) is 1.44. The zero-order valence-electron chi connectivity index (χ0n) is 11.8. The summed E-state index contributed by atoms with van der Waals surface area (Å²) in [6.45, 7) is 3.46. The number of aliphatic hydroxyl groups excluding tert-OH is 1. The fourth-order valence-corrected chi connectivity index (χ4v) is 4.56. The second-order valence-electron chi connectivity index (χ2n) is 5.20. The third-order valence-corrected chi connectivity index (χ3v) is 5.51. The van der Waals surface area contributed by atoms with E-state index < -0.39 is 15.6 Å². The van der Waals surface area contributed by atoms with Crippen molar-refractivity contribution in [3.8, 4) is 0 Å². The van der Waals surface area contributed by atoms with E-state index in [2.05, 4.69) is 4.72 Å². The molecule has 4 N–H and O–H groups in total. The summed E-state index contributed by atoms with van der Waals surface area (Å²) in [7, 11) is -3.35. The van der Waals surface area contributed by atoms with Crippen LogP contribution in [-0.2, 0) is 10.0 Å². The summed E-state index contributed by atoms with van der Waals surface area (Å²) in [5.74, 6) is 0.481. The van der Waals surface area contributed by atoms with E-state index in [0.717, 1.165) is 4.90 Å². The van der Waals surface area contributed by atoms with Crippen LogP contribution in [0.2, 0.25) is 0 Å². The third-order valence-electron chi connectivity index (χ3n) is 2.65. The maximum absolute atomic E-state index is 11.9. The van der Waals surface area contributed by atoms with Crippen LogP contribution in [0.5, 0.6) is 0 Å². The largest absolute Gasteiger partial charge is 0.399 e. The number of benzene rings is 1. The van der Waals surface area contributed by atoms with Crippen molar-refractivity contribution in [2.75, 3.05) is 23.8 Å². The molecule has 1 rings (SSSR count). The molecule has 0 aliphatic rings. The topological polar surface area (TPSA) is 92.4 Å². The van der Waals surface area contributed by atoms with Gasteiger partial charge in [0.05, 0.1) is 5.75 Å². The maximum atomic E-state index is 11.9. The van der Waals surface area contributed by atoms with Crippen LogP contribution in [0.3, 0.4) is 0 Å². The molecule has 0 aliphatic carbocycles. The Balaban J connectivity index is 2.48. The predicted molar refractivity (Wildman–Crippen MR) is 84.3 cm³/mol. The highest BCUT2D eigenvalue weighted by Crippen LogP contribution is 2.20. The number of nitrogens with two attached hydrogens (primary N) is 1. The number of aliphatic hydroxyl groups is 1. The normalized spacial score (nSPS) is 12.6. The number of hydrogen-bond acceptors (Lipinski definition) is 5. The van der Waals surface area contributed by atoms with E-state index in [9.17, 15) is 8.42 Å². The molecule has 0 fully saturated rings. The highest BCUT2D eigenvalue weighted by atomic mass is 32.2. The molecule has 0 bridgehead atoms. The zero-order valence-corrected chi connectivity index (χ0v) is 13.4. The quantitative estimate of drug-likeness (QED) is 0.498. The van der Waals surface area contributed by atoms with Crippen LogP contribution in [0.25, 0.3) is 0 Å². The van der Waals surface area contributed by atoms with Crippen LogP contribution < -0.4 is 10.5 Å². The summed E-state index contributed by atoms with van der Waals surface area (Å²) < 4.78 is 26.5. The number of nitrogens with one attached hydrogen (secondary N) is 1. The Morgan fingerprint density at radius 2 is 2.10 bits per heavy atom. The van der Waals surface area contributed by atoms with Crippen molar-refractivity contribution in [3.05, 3.63) is 24.3 Å². The van der Waals surface area contributed by atoms with Crippen molar-refractivity contribution < 1.29 is 13.5 Å². The summed E-state index contributed by atoms with van der Waals surface area (Å²) in [5, 5.41) is 8.90. The molecule has 0 amide bonds.